The van der Waals surface area contributed by atoms with Gasteiger partial charge in [0.05, 0.1) is 6.20 Å². The van der Waals surface area contributed by atoms with E-state index in [9.17, 15) is 9.59 Å². The lowest BCUT2D eigenvalue weighted by Crippen LogP contribution is -2.30. The first-order chi connectivity index (χ1) is 12.6. The van der Waals surface area contributed by atoms with Crippen molar-refractivity contribution in [3.63, 3.8) is 0 Å². The monoisotopic (exact) mass is 414 g/mol. The van der Waals surface area contributed by atoms with Crippen molar-refractivity contribution < 1.29 is 18.7 Å². The third kappa shape index (κ3) is 4.80. The smallest absolute Gasteiger partial charge is 0.325 e. The average molecular weight is 415 g/mol. The van der Waals surface area contributed by atoms with Crippen molar-refractivity contribution in [2.24, 2.45) is 0 Å². The Balaban J connectivity index is 1.46. The summed E-state index contributed by atoms with van der Waals surface area (Å²) in [6, 6.07) is 16.3. The van der Waals surface area contributed by atoms with Gasteiger partial charge in [-0.2, -0.15) is 0 Å². The minimum atomic E-state index is -0.574. The maximum absolute atomic E-state index is 11.9. The zero-order valence-electron chi connectivity index (χ0n) is 13.6. The second kappa shape index (κ2) is 8.44. The Morgan fingerprint density at radius 3 is 2.54 bits per heavy atom. The molecule has 0 saturated carbocycles. The van der Waals surface area contributed by atoms with Crippen molar-refractivity contribution in [1.29, 1.82) is 0 Å². The van der Waals surface area contributed by atoms with Crippen LogP contribution in [0.4, 0.5) is 0 Å². The van der Waals surface area contributed by atoms with E-state index in [2.05, 4.69) is 26.2 Å². The maximum atomic E-state index is 11.9. The van der Waals surface area contributed by atoms with Gasteiger partial charge >= 0.3 is 5.97 Å². The lowest BCUT2D eigenvalue weighted by atomic mass is 10.2. The molecule has 0 unspecified atom stereocenters. The van der Waals surface area contributed by atoms with Gasteiger partial charge in [0.25, 0.3) is 5.91 Å². The molecule has 1 aromatic heterocycles. The Labute approximate surface area is 158 Å². The molecule has 0 aliphatic rings. The van der Waals surface area contributed by atoms with Gasteiger partial charge in [-0.25, -0.2) is 4.98 Å². The number of carbonyl (C=O) groups is 2. The average Bonchev–Trinajstić information content (AvgIpc) is 3.15. The number of oxazole rings is 1. The molecule has 0 atom stereocenters. The Hall–Kier alpha value is -2.93. The molecule has 0 bridgehead atoms. The van der Waals surface area contributed by atoms with Gasteiger partial charge in [0.2, 0.25) is 5.89 Å². The second-order valence-corrected chi connectivity index (χ2v) is 6.25. The second-order valence-electron chi connectivity index (χ2n) is 5.33. The largest absolute Gasteiger partial charge is 0.454 e. The number of rotatable bonds is 6. The summed E-state index contributed by atoms with van der Waals surface area (Å²) in [6.07, 6.45) is 1.58. The minimum Gasteiger partial charge on any atom is -0.454 e. The van der Waals surface area contributed by atoms with E-state index in [1.54, 1.807) is 30.5 Å². The predicted octanol–water partition coefficient (Wildman–Crippen LogP) is 3.58. The van der Waals surface area contributed by atoms with Gasteiger partial charge < -0.3 is 14.5 Å². The molecule has 0 spiro atoms. The summed E-state index contributed by atoms with van der Waals surface area (Å²) in [6.45, 7) is -0.332. The Kier molecular flexibility index (Phi) is 5.80. The van der Waals surface area contributed by atoms with Gasteiger partial charge in [-0.3, -0.25) is 9.59 Å². The van der Waals surface area contributed by atoms with E-state index in [-0.39, 0.29) is 24.9 Å². The summed E-state index contributed by atoms with van der Waals surface area (Å²) in [5.74, 6) is -0.0384. The minimum absolute atomic E-state index is 0.0974. The van der Waals surface area contributed by atoms with E-state index in [1.165, 1.54) is 0 Å². The number of aromatic nitrogens is 1. The first-order valence-corrected chi connectivity index (χ1v) is 8.60. The summed E-state index contributed by atoms with van der Waals surface area (Å²) in [7, 11) is 0. The molecule has 3 rings (SSSR count). The number of hydrogen-bond donors (Lipinski definition) is 1. The molecule has 26 heavy (non-hydrogen) atoms. The van der Waals surface area contributed by atoms with Crippen molar-refractivity contribution in [2.75, 3.05) is 6.54 Å². The van der Waals surface area contributed by atoms with Gasteiger partial charge in [-0.05, 0) is 24.3 Å². The summed E-state index contributed by atoms with van der Waals surface area (Å²) >= 11 is 3.30. The van der Waals surface area contributed by atoms with Crippen LogP contribution in [0.3, 0.4) is 0 Å². The van der Waals surface area contributed by atoms with E-state index in [1.807, 2.05) is 30.3 Å². The van der Waals surface area contributed by atoms with E-state index < -0.39 is 5.97 Å². The van der Waals surface area contributed by atoms with Crippen LogP contribution in [0, 0.1) is 0 Å². The van der Waals surface area contributed by atoms with Crippen LogP contribution in [0.2, 0.25) is 0 Å². The molecule has 2 aromatic carbocycles. The van der Waals surface area contributed by atoms with Crippen LogP contribution < -0.4 is 5.32 Å². The van der Waals surface area contributed by atoms with Crippen molar-refractivity contribution in [2.45, 2.75) is 6.61 Å². The molecule has 0 aliphatic heterocycles. The molecule has 132 valence electrons. The molecule has 0 radical (unpaired) electrons. The van der Waals surface area contributed by atoms with Crippen LogP contribution in [0.25, 0.3) is 11.3 Å². The summed E-state index contributed by atoms with van der Waals surface area (Å²) in [5, 5.41) is 2.51. The van der Waals surface area contributed by atoms with Gasteiger partial charge in [0.1, 0.15) is 6.54 Å². The highest BCUT2D eigenvalue weighted by atomic mass is 79.9. The molecule has 7 heteroatoms. The number of halogens is 1. The maximum Gasteiger partial charge on any atom is 0.325 e. The summed E-state index contributed by atoms with van der Waals surface area (Å²) < 4.78 is 11.5. The highest BCUT2D eigenvalue weighted by Gasteiger charge is 2.11. The number of hydrogen-bond acceptors (Lipinski definition) is 5. The number of carbonyl (C=O) groups excluding carboxylic acids is 2. The Morgan fingerprint density at radius 1 is 1.08 bits per heavy atom. The van der Waals surface area contributed by atoms with Crippen LogP contribution in [-0.4, -0.2) is 23.4 Å². The molecule has 1 heterocycles. The molecular formula is C19H15BrN2O4. The third-order valence-corrected chi connectivity index (χ3v) is 4.00. The lowest BCUT2D eigenvalue weighted by molar-refractivity contribution is -0.144. The fraction of sp³-hybridized carbons (Fsp3) is 0.105. The zero-order chi connectivity index (χ0) is 18.4. The van der Waals surface area contributed by atoms with Crippen molar-refractivity contribution in [3.05, 3.63) is 76.7 Å². The fourth-order valence-electron chi connectivity index (χ4n) is 2.16. The normalized spacial score (nSPS) is 10.3. The Morgan fingerprint density at radius 2 is 1.81 bits per heavy atom. The molecule has 0 fully saturated rings. The standard InChI is InChI=1S/C19H15BrN2O4/c20-15-8-6-14(7-9-15)19(24)22-11-18(23)25-12-17-21-10-16(26-17)13-4-2-1-3-5-13/h1-10H,11-12H2,(H,22,24). The molecule has 0 saturated heterocycles. The number of esters is 1. The first-order valence-electron chi connectivity index (χ1n) is 7.81. The quantitative estimate of drug-likeness (QED) is 0.623. The molecule has 1 N–H and O–H groups in total. The number of nitrogens with one attached hydrogen (secondary N) is 1. The summed E-state index contributed by atoms with van der Waals surface area (Å²) in [4.78, 5) is 27.8. The van der Waals surface area contributed by atoms with Gasteiger partial charge in [0.15, 0.2) is 12.4 Å². The number of ether oxygens (including phenoxy) is 1. The molecule has 1 amide bonds. The molecular weight excluding hydrogens is 400 g/mol. The summed E-state index contributed by atoms with van der Waals surface area (Å²) in [5.41, 5.74) is 1.35. The first kappa shape index (κ1) is 17.9. The van der Waals surface area contributed by atoms with Crippen molar-refractivity contribution in [3.8, 4) is 11.3 Å². The van der Waals surface area contributed by atoms with E-state index >= 15 is 0 Å². The number of nitrogens with zero attached hydrogens (tertiary/aromatic N) is 1. The molecule has 6 nitrogen and oxygen atoms in total. The molecule has 3 aromatic rings. The zero-order valence-corrected chi connectivity index (χ0v) is 15.2. The highest BCUT2D eigenvalue weighted by molar-refractivity contribution is 9.10. The number of amides is 1. The van der Waals surface area contributed by atoms with Crippen molar-refractivity contribution >= 4 is 27.8 Å². The van der Waals surface area contributed by atoms with Crippen LogP contribution >= 0.6 is 15.9 Å². The van der Waals surface area contributed by atoms with Crippen LogP contribution in [0.15, 0.2) is 69.7 Å². The van der Waals surface area contributed by atoms with Gasteiger partial charge in [-0.15, -0.1) is 0 Å². The van der Waals surface area contributed by atoms with Gasteiger partial charge in [-0.1, -0.05) is 46.3 Å². The topological polar surface area (TPSA) is 81.4 Å². The SMILES string of the molecule is O=C(CNC(=O)c1ccc(Br)cc1)OCc1ncc(-c2ccccc2)o1. The fourth-order valence-corrected chi connectivity index (χ4v) is 2.43. The van der Waals surface area contributed by atoms with E-state index in [0.717, 1.165) is 10.0 Å². The highest BCUT2D eigenvalue weighted by Crippen LogP contribution is 2.19. The van der Waals surface area contributed by atoms with Crippen LogP contribution in [0.1, 0.15) is 16.2 Å². The van der Waals surface area contributed by atoms with E-state index in [0.29, 0.717) is 11.3 Å². The number of benzene rings is 2. The third-order valence-electron chi connectivity index (χ3n) is 3.47. The van der Waals surface area contributed by atoms with Crippen LogP contribution in [-0.2, 0) is 16.1 Å². The van der Waals surface area contributed by atoms with Crippen molar-refractivity contribution in [1.82, 2.24) is 10.3 Å². The van der Waals surface area contributed by atoms with Gasteiger partial charge in [0, 0.05) is 15.6 Å². The Bertz CT molecular complexity index is 891. The van der Waals surface area contributed by atoms with Crippen LogP contribution in [0.5, 0.6) is 0 Å². The van der Waals surface area contributed by atoms with E-state index in [4.69, 9.17) is 9.15 Å². The molecule has 0 aliphatic carbocycles. The lowest BCUT2D eigenvalue weighted by Gasteiger charge is -2.05. The predicted molar refractivity (Wildman–Crippen MR) is 98.2 cm³/mol.